The summed E-state index contributed by atoms with van der Waals surface area (Å²) >= 11 is 0. The van der Waals surface area contributed by atoms with Crippen LogP contribution in [0.4, 0.5) is 0 Å². The Kier molecular flexibility index (Phi) is 5.38. The highest BCUT2D eigenvalue weighted by atomic mass is 16.5. The fourth-order valence-corrected chi connectivity index (χ4v) is 3.66. The van der Waals surface area contributed by atoms with Gasteiger partial charge in [-0.2, -0.15) is 0 Å². The van der Waals surface area contributed by atoms with E-state index >= 15 is 0 Å². The summed E-state index contributed by atoms with van der Waals surface area (Å²) in [6.07, 6.45) is 1.88. The SMILES string of the molecule is c1ccc(C(c2ccccn2)c2ccccc2CN2CCOCC2)cc1. The van der Waals surface area contributed by atoms with E-state index in [-0.39, 0.29) is 5.92 Å². The number of hydrogen-bond donors (Lipinski definition) is 0. The third kappa shape index (κ3) is 3.85. The molecule has 0 aliphatic carbocycles. The Hall–Kier alpha value is -2.49. The second-order valence-corrected chi connectivity index (χ2v) is 6.69. The lowest BCUT2D eigenvalue weighted by Gasteiger charge is -2.29. The predicted molar refractivity (Wildman–Crippen MR) is 104 cm³/mol. The van der Waals surface area contributed by atoms with Gasteiger partial charge in [0.25, 0.3) is 0 Å². The van der Waals surface area contributed by atoms with Crippen molar-refractivity contribution in [2.24, 2.45) is 0 Å². The predicted octanol–water partition coefficient (Wildman–Crippen LogP) is 4.09. The molecule has 1 fully saturated rings. The van der Waals surface area contributed by atoms with Gasteiger partial charge in [0.15, 0.2) is 0 Å². The molecule has 26 heavy (non-hydrogen) atoms. The van der Waals surface area contributed by atoms with E-state index in [2.05, 4.69) is 76.6 Å². The fourth-order valence-electron chi connectivity index (χ4n) is 3.66. The smallest absolute Gasteiger partial charge is 0.0594 e. The van der Waals surface area contributed by atoms with E-state index < -0.39 is 0 Å². The highest BCUT2D eigenvalue weighted by Crippen LogP contribution is 2.33. The summed E-state index contributed by atoms with van der Waals surface area (Å²) in [7, 11) is 0. The lowest BCUT2D eigenvalue weighted by molar-refractivity contribution is 0.0340. The van der Waals surface area contributed by atoms with Crippen LogP contribution in [0.3, 0.4) is 0 Å². The standard InChI is InChI=1S/C23H24N2O/c1-2-8-19(9-3-1)23(22-12-6-7-13-24-22)21-11-5-4-10-20(21)18-25-14-16-26-17-15-25/h1-13,23H,14-18H2. The van der Waals surface area contributed by atoms with E-state index in [0.717, 1.165) is 38.5 Å². The van der Waals surface area contributed by atoms with Gasteiger partial charge in [0.1, 0.15) is 0 Å². The molecule has 1 aliphatic heterocycles. The van der Waals surface area contributed by atoms with Crippen LogP contribution in [0.15, 0.2) is 79.0 Å². The molecular weight excluding hydrogens is 320 g/mol. The van der Waals surface area contributed by atoms with E-state index in [1.807, 2.05) is 12.3 Å². The van der Waals surface area contributed by atoms with Crippen LogP contribution in [0, 0.1) is 0 Å². The van der Waals surface area contributed by atoms with E-state index in [4.69, 9.17) is 4.74 Å². The van der Waals surface area contributed by atoms with Crippen molar-refractivity contribution in [2.75, 3.05) is 26.3 Å². The second-order valence-electron chi connectivity index (χ2n) is 6.69. The summed E-state index contributed by atoms with van der Waals surface area (Å²) in [5.74, 6) is 0.148. The Morgan fingerprint density at radius 1 is 0.846 bits per heavy atom. The first-order valence-electron chi connectivity index (χ1n) is 9.25. The Morgan fingerprint density at radius 2 is 1.58 bits per heavy atom. The molecule has 0 radical (unpaired) electrons. The number of benzene rings is 2. The average Bonchev–Trinajstić information content (AvgIpc) is 2.72. The molecule has 1 aliphatic rings. The first-order valence-corrected chi connectivity index (χ1v) is 9.25. The maximum absolute atomic E-state index is 5.50. The number of rotatable bonds is 5. The molecular formula is C23H24N2O. The van der Waals surface area contributed by atoms with Crippen LogP contribution in [0.1, 0.15) is 28.3 Å². The van der Waals surface area contributed by atoms with Crippen LogP contribution in [0.2, 0.25) is 0 Å². The zero-order valence-corrected chi connectivity index (χ0v) is 14.9. The number of hydrogen-bond acceptors (Lipinski definition) is 3. The molecule has 0 saturated carbocycles. The molecule has 1 atom stereocenters. The van der Waals surface area contributed by atoms with Crippen molar-refractivity contribution >= 4 is 0 Å². The van der Waals surface area contributed by atoms with E-state index in [0.29, 0.717) is 0 Å². The van der Waals surface area contributed by atoms with Crippen LogP contribution in [0.25, 0.3) is 0 Å². The van der Waals surface area contributed by atoms with Crippen molar-refractivity contribution in [2.45, 2.75) is 12.5 Å². The quantitative estimate of drug-likeness (QED) is 0.697. The van der Waals surface area contributed by atoms with Crippen molar-refractivity contribution in [3.05, 3.63) is 101 Å². The maximum Gasteiger partial charge on any atom is 0.0594 e. The van der Waals surface area contributed by atoms with Gasteiger partial charge in [0.05, 0.1) is 24.8 Å². The topological polar surface area (TPSA) is 25.4 Å². The second kappa shape index (κ2) is 8.26. The van der Waals surface area contributed by atoms with Gasteiger partial charge < -0.3 is 4.74 Å². The van der Waals surface area contributed by atoms with E-state index in [1.54, 1.807) is 0 Å². The molecule has 132 valence electrons. The highest BCUT2D eigenvalue weighted by Gasteiger charge is 2.22. The van der Waals surface area contributed by atoms with Crippen molar-refractivity contribution < 1.29 is 4.74 Å². The molecule has 2 heterocycles. The average molecular weight is 344 g/mol. The molecule has 3 nitrogen and oxygen atoms in total. The Labute approximate surface area is 155 Å². The minimum absolute atomic E-state index is 0.148. The molecule has 3 heteroatoms. The first kappa shape index (κ1) is 17.0. The molecule has 1 saturated heterocycles. The zero-order valence-electron chi connectivity index (χ0n) is 14.9. The third-order valence-corrected chi connectivity index (χ3v) is 4.98. The summed E-state index contributed by atoms with van der Waals surface area (Å²) in [5, 5.41) is 0. The zero-order chi connectivity index (χ0) is 17.6. The van der Waals surface area contributed by atoms with Crippen LogP contribution in [-0.4, -0.2) is 36.2 Å². The summed E-state index contributed by atoms with van der Waals surface area (Å²) < 4.78 is 5.50. The van der Waals surface area contributed by atoms with Crippen LogP contribution >= 0.6 is 0 Å². The number of aromatic nitrogens is 1. The normalized spacial score (nSPS) is 16.3. The molecule has 0 bridgehead atoms. The highest BCUT2D eigenvalue weighted by molar-refractivity contribution is 5.44. The lowest BCUT2D eigenvalue weighted by Crippen LogP contribution is -2.36. The molecule has 1 unspecified atom stereocenters. The summed E-state index contributed by atoms with van der Waals surface area (Å²) in [6.45, 7) is 4.59. The third-order valence-electron chi connectivity index (χ3n) is 4.98. The Morgan fingerprint density at radius 3 is 2.35 bits per heavy atom. The van der Waals surface area contributed by atoms with Crippen molar-refractivity contribution in [1.82, 2.24) is 9.88 Å². The van der Waals surface area contributed by atoms with Gasteiger partial charge in [-0.05, 0) is 28.8 Å². The molecule has 1 aromatic heterocycles. The number of pyridine rings is 1. The van der Waals surface area contributed by atoms with Gasteiger partial charge in [-0.1, -0.05) is 60.7 Å². The Balaban J connectivity index is 1.74. The number of ether oxygens (including phenoxy) is 1. The lowest BCUT2D eigenvalue weighted by atomic mass is 9.85. The van der Waals surface area contributed by atoms with Crippen LogP contribution in [-0.2, 0) is 11.3 Å². The minimum Gasteiger partial charge on any atom is -0.379 e. The first-order chi connectivity index (χ1) is 12.9. The molecule has 4 rings (SSSR count). The van der Waals surface area contributed by atoms with Gasteiger partial charge in [0.2, 0.25) is 0 Å². The summed E-state index contributed by atoms with van der Waals surface area (Å²) in [6, 6.07) is 25.6. The van der Waals surface area contributed by atoms with Gasteiger partial charge in [-0.3, -0.25) is 9.88 Å². The molecule has 0 N–H and O–H groups in total. The Bertz CT molecular complexity index is 774. The van der Waals surface area contributed by atoms with Crippen molar-refractivity contribution in [1.29, 1.82) is 0 Å². The van der Waals surface area contributed by atoms with E-state index in [9.17, 15) is 0 Å². The van der Waals surface area contributed by atoms with E-state index in [1.165, 1.54) is 16.7 Å². The van der Waals surface area contributed by atoms with Crippen LogP contribution in [0.5, 0.6) is 0 Å². The van der Waals surface area contributed by atoms with Gasteiger partial charge in [-0.25, -0.2) is 0 Å². The maximum atomic E-state index is 5.50. The largest absolute Gasteiger partial charge is 0.379 e. The van der Waals surface area contributed by atoms with Crippen molar-refractivity contribution in [3.8, 4) is 0 Å². The number of morpholine rings is 1. The van der Waals surface area contributed by atoms with Gasteiger partial charge >= 0.3 is 0 Å². The molecule has 2 aromatic carbocycles. The van der Waals surface area contributed by atoms with Crippen LogP contribution < -0.4 is 0 Å². The molecule has 0 amide bonds. The number of nitrogens with zero attached hydrogens (tertiary/aromatic N) is 2. The molecule has 0 spiro atoms. The molecule has 3 aromatic rings. The van der Waals surface area contributed by atoms with Gasteiger partial charge in [-0.15, -0.1) is 0 Å². The summed E-state index contributed by atoms with van der Waals surface area (Å²) in [5.41, 5.74) is 5.08. The van der Waals surface area contributed by atoms with Gasteiger partial charge in [0, 0.05) is 25.8 Å². The minimum atomic E-state index is 0.148. The van der Waals surface area contributed by atoms with Crippen molar-refractivity contribution in [3.63, 3.8) is 0 Å². The monoisotopic (exact) mass is 344 g/mol. The fraction of sp³-hybridized carbons (Fsp3) is 0.261. The summed E-state index contributed by atoms with van der Waals surface area (Å²) in [4.78, 5) is 7.16.